The van der Waals surface area contributed by atoms with E-state index in [0.717, 1.165) is 83.5 Å². The molecule has 0 aliphatic heterocycles. The molecule has 1 unspecified atom stereocenters. The maximum atomic E-state index is 12.9. The predicted molar refractivity (Wildman–Crippen MR) is 353 cm³/mol. The summed E-state index contributed by atoms with van der Waals surface area (Å²) in [7, 11) is 0. The fourth-order valence-corrected chi connectivity index (χ4v) is 11.0. The maximum absolute atomic E-state index is 12.9. The number of hydrogen-bond acceptors (Lipinski definition) is 6. The number of allylic oxidation sites excluding steroid dienone is 8. The number of ether oxygens (including phenoxy) is 3. The van der Waals surface area contributed by atoms with Crippen LogP contribution in [0.2, 0.25) is 0 Å². The highest BCUT2D eigenvalue weighted by atomic mass is 16.6. The molecule has 6 heteroatoms. The molecule has 0 amide bonds. The Morgan fingerprint density at radius 3 is 0.753 bits per heavy atom. The summed E-state index contributed by atoms with van der Waals surface area (Å²) in [5.41, 5.74) is 0. The van der Waals surface area contributed by atoms with Gasteiger partial charge in [0.15, 0.2) is 6.10 Å². The number of esters is 3. The average Bonchev–Trinajstić information content (AvgIpc) is 3.47. The number of carbonyl (C=O) groups is 3. The van der Waals surface area contributed by atoms with E-state index >= 15 is 0 Å². The van der Waals surface area contributed by atoms with Crippen LogP contribution in [0.1, 0.15) is 393 Å². The molecule has 0 saturated carbocycles. The fraction of sp³-hybridized carbons (Fsp3) is 0.853. The summed E-state index contributed by atoms with van der Waals surface area (Å²) < 4.78 is 16.9. The lowest BCUT2D eigenvalue weighted by molar-refractivity contribution is -0.167. The van der Waals surface area contributed by atoms with Crippen molar-refractivity contribution in [2.24, 2.45) is 0 Å². The molecule has 1 atom stereocenters. The molecular weight excluding hydrogens is 997 g/mol. The molecule has 81 heavy (non-hydrogen) atoms. The van der Waals surface area contributed by atoms with E-state index in [4.69, 9.17) is 14.2 Å². The first-order valence-electron chi connectivity index (χ1n) is 36.1. The predicted octanol–water partition coefficient (Wildman–Crippen LogP) is 24.9. The lowest BCUT2D eigenvalue weighted by Gasteiger charge is -2.18. The van der Waals surface area contributed by atoms with Gasteiger partial charge in [-0.05, 0) is 57.8 Å². The van der Waals surface area contributed by atoms with Gasteiger partial charge >= 0.3 is 17.9 Å². The molecule has 0 aromatic carbocycles. The van der Waals surface area contributed by atoms with Gasteiger partial charge in [-0.25, -0.2) is 0 Å². The summed E-state index contributed by atoms with van der Waals surface area (Å²) in [6.45, 7) is 6.56. The van der Waals surface area contributed by atoms with Gasteiger partial charge in [0, 0.05) is 19.3 Å². The van der Waals surface area contributed by atoms with Crippen molar-refractivity contribution >= 4 is 17.9 Å². The van der Waals surface area contributed by atoms with Crippen LogP contribution in [-0.2, 0) is 28.6 Å². The van der Waals surface area contributed by atoms with Gasteiger partial charge in [-0.2, -0.15) is 0 Å². The van der Waals surface area contributed by atoms with Gasteiger partial charge in [0.25, 0.3) is 0 Å². The van der Waals surface area contributed by atoms with Gasteiger partial charge < -0.3 is 14.2 Å². The highest BCUT2D eigenvalue weighted by molar-refractivity contribution is 5.71. The second-order valence-corrected chi connectivity index (χ2v) is 24.5. The summed E-state index contributed by atoms with van der Waals surface area (Å²) in [6.07, 6.45) is 89.0. The number of unbranched alkanes of at least 4 members (excludes halogenated alkanes) is 48. The van der Waals surface area contributed by atoms with E-state index < -0.39 is 6.10 Å². The maximum Gasteiger partial charge on any atom is 0.306 e. The Bertz CT molecular complexity index is 1400. The Kier molecular flexibility index (Phi) is 67.6. The molecule has 0 heterocycles. The normalized spacial score (nSPS) is 12.3. The topological polar surface area (TPSA) is 78.9 Å². The van der Waals surface area contributed by atoms with Crippen molar-refractivity contribution in [1.82, 2.24) is 0 Å². The van der Waals surface area contributed by atoms with E-state index in [1.54, 1.807) is 0 Å². The highest BCUT2D eigenvalue weighted by Crippen LogP contribution is 2.19. The number of carbonyl (C=O) groups excluding carboxylic acids is 3. The molecule has 0 rings (SSSR count). The SMILES string of the molecule is CC/C=C\C/C=C\C/C=C\C/C=C\CCCCCCCCCCCCCCCCCCCCCCCCC(=O)OCC(COC(=O)CCCCCCCCC)OC(=O)CCCCCCCCCCCCCCCCCCCCCCC. The molecular formula is C75H138O6. The minimum atomic E-state index is -0.765. The molecule has 0 aromatic rings. The molecule has 0 spiro atoms. The second-order valence-electron chi connectivity index (χ2n) is 24.5. The minimum Gasteiger partial charge on any atom is -0.462 e. The zero-order valence-corrected chi connectivity index (χ0v) is 54.6. The third-order valence-electron chi connectivity index (χ3n) is 16.3. The molecule has 0 aliphatic rings. The molecule has 0 aliphatic carbocycles. The third kappa shape index (κ3) is 68.0. The summed E-state index contributed by atoms with van der Waals surface area (Å²) in [6, 6.07) is 0. The quantitative estimate of drug-likeness (QED) is 0.0261. The Labute approximate surface area is 505 Å². The van der Waals surface area contributed by atoms with Gasteiger partial charge in [-0.1, -0.05) is 365 Å². The van der Waals surface area contributed by atoms with Crippen LogP contribution in [0.5, 0.6) is 0 Å². The van der Waals surface area contributed by atoms with Crippen LogP contribution in [0.3, 0.4) is 0 Å². The highest BCUT2D eigenvalue weighted by Gasteiger charge is 2.19. The Morgan fingerprint density at radius 1 is 0.259 bits per heavy atom. The minimum absolute atomic E-state index is 0.0650. The first kappa shape index (κ1) is 78.4. The van der Waals surface area contributed by atoms with Crippen LogP contribution in [0.25, 0.3) is 0 Å². The van der Waals surface area contributed by atoms with E-state index in [1.165, 1.54) is 270 Å². The van der Waals surface area contributed by atoms with Gasteiger partial charge in [-0.3, -0.25) is 14.4 Å². The van der Waals surface area contributed by atoms with Crippen LogP contribution in [0.15, 0.2) is 48.6 Å². The molecule has 474 valence electrons. The summed E-state index contributed by atoms with van der Waals surface area (Å²) in [4.78, 5) is 38.2. The lowest BCUT2D eigenvalue weighted by Crippen LogP contribution is -2.30. The standard InChI is InChI=1S/C75H138O6/c1-4-7-10-13-16-18-20-22-24-26-28-30-31-32-33-34-35-36-37-38-39-40-41-42-43-45-46-48-50-52-54-56-59-62-65-68-74(77)80-71-72(70-79-73(76)67-64-61-58-15-12-9-6-3)81-75(78)69-66-63-60-57-55-53-51-49-47-44-29-27-25-23-21-19-17-14-11-8-5-2/h7,10,16,18,22,24,28,30,72H,4-6,8-9,11-15,17,19-21,23,25-27,29,31-71H2,1-3H3/b10-7-,18-16-,24-22-,30-28-. The van der Waals surface area contributed by atoms with E-state index in [2.05, 4.69) is 69.4 Å². The summed E-state index contributed by atoms with van der Waals surface area (Å²) in [5.74, 6) is -0.842. The Hall–Kier alpha value is -2.63. The van der Waals surface area contributed by atoms with Gasteiger partial charge in [0.2, 0.25) is 0 Å². The first-order chi connectivity index (χ1) is 40.0. The molecule has 0 N–H and O–H groups in total. The van der Waals surface area contributed by atoms with E-state index in [-0.39, 0.29) is 31.1 Å². The van der Waals surface area contributed by atoms with Crippen molar-refractivity contribution < 1.29 is 28.6 Å². The van der Waals surface area contributed by atoms with E-state index in [1.807, 2.05) is 0 Å². The zero-order valence-electron chi connectivity index (χ0n) is 54.6. The van der Waals surface area contributed by atoms with Crippen molar-refractivity contribution in [2.45, 2.75) is 399 Å². The van der Waals surface area contributed by atoms with Crippen LogP contribution >= 0.6 is 0 Å². The summed E-state index contributed by atoms with van der Waals surface area (Å²) in [5, 5.41) is 0. The number of hydrogen-bond donors (Lipinski definition) is 0. The molecule has 0 saturated heterocycles. The van der Waals surface area contributed by atoms with Crippen molar-refractivity contribution in [1.29, 1.82) is 0 Å². The fourth-order valence-electron chi connectivity index (χ4n) is 11.0. The van der Waals surface area contributed by atoms with Gasteiger partial charge in [0.05, 0.1) is 0 Å². The third-order valence-corrected chi connectivity index (χ3v) is 16.3. The van der Waals surface area contributed by atoms with Crippen molar-refractivity contribution in [3.8, 4) is 0 Å². The largest absolute Gasteiger partial charge is 0.462 e. The molecule has 0 bridgehead atoms. The monoisotopic (exact) mass is 1140 g/mol. The van der Waals surface area contributed by atoms with Crippen LogP contribution in [0.4, 0.5) is 0 Å². The molecule has 0 fully saturated rings. The second kappa shape index (κ2) is 69.9. The van der Waals surface area contributed by atoms with E-state index in [0.29, 0.717) is 19.3 Å². The van der Waals surface area contributed by atoms with E-state index in [9.17, 15) is 14.4 Å². The van der Waals surface area contributed by atoms with Crippen molar-refractivity contribution in [3.05, 3.63) is 48.6 Å². The van der Waals surface area contributed by atoms with Gasteiger partial charge in [-0.15, -0.1) is 0 Å². The van der Waals surface area contributed by atoms with Crippen LogP contribution < -0.4 is 0 Å². The van der Waals surface area contributed by atoms with Crippen LogP contribution in [-0.4, -0.2) is 37.2 Å². The Morgan fingerprint density at radius 2 is 0.481 bits per heavy atom. The summed E-state index contributed by atoms with van der Waals surface area (Å²) >= 11 is 0. The van der Waals surface area contributed by atoms with Crippen molar-refractivity contribution in [3.63, 3.8) is 0 Å². The zero-order chi connectivity index (χ0) is 58.5. The number of rotatable bonds is 67. The molecule has 0 radical (unpaired) electrons. The Balaban J connectivity index is 3.94. The van der Waals surface area contributed by atoms with Crippen LogP contribution in [0, 0.1) is 0 Å². The van der Waals surface area contributed by atoms with Crippen molar-refractivity contribution in [2.75, 3.05) is 13.2 Å². The lowest BCUT2D eigenvalue weighted by atomic mass is 10.0. The first-order valence-corrected chi connectivity index (χ1v) is 36.1. The average molecular weight is 1140 g/mol. The smallest absolute Gasteiger partial charge is 0.306 e. The van der Waals surface area contributed by atoms with Gasteiger partial charge in [0.1, 0.15) is 13.2 Å². The molecule has 0 aromatic heterocycles. The molecule has 6 nitrogen and oxygen atoms in total.